The van der Waals surface area contributed by atoms with E-state index < -0.39 is 5.97 Å². The summed E-state index contributed by atoms with van der Waals surface area (Å²) in [6.45, 7) is 0. The Kier molecular flexibility index (Phi) is 5.25. The van der Waals surface area contributed by atoms with Crippen molar-refractivity contribution in [2.75, 3.05) is 0 Å². The summed E-state index contributed by atoms with van der Waals surface area (Å²) in [6.07, 6.45) is 0. The molecule has 0 aliphatic rings. The summed E-state index contributed by atoms with van der Waals surface area (Å²) in [5.74, 6) is -1.03. The van der Waals surface area contributed by atoms with Crippen LogP contribution < -0.4 is 0 Å². The van der Waals surface area contributed by atoms with E-state index >= 15 is 0 Å². The van der Waals surface area contributed by atoms with Gasteiger partial charge in [-0.1, -0.05) is 91.0 Å². The van der Waals surface area contributed by atoms with E-state index in [1.807, 2.05) is 91.0 Å². The molecule has 0 bridgehead atoms. The molecule has 0 spiro atoms. The van der Waals surface area contributed by atoms with Crippen molar-refractivity contribution < 1.29 is 9.90 Å². The van der Waals surface area contributed by atoms with Gasteiger partial charge in [0.15, 0.2) is 0 Å². The van der Waals surface area contributed by atoms with E-state index in [4.69, 9.17) is 0 Å². The molecule has 0 radical (unpaired) electrons. The number of benzene rings is 4. The van der Waals surface area contributed by atoms with Crippen LogP contribution in [0.25, 0.3) is 22.3 Å². The lowest BCUT2D eigenvalue weighted by molar-refractivity contribution is 0.0698. The highest BCUT2D eigenvalue weighted by atomic mass is 16.4. The third-order valence-corrected chi connectivity index (χ3v) is 4.60. The van der Waals surface area contributed by atoms with Gasteiger partial charge in [0.05, 0.1) is 11.3 Å². The summed E-state index contributed by atoms with van der Waals surface area (Å²) in [5.41, 5.74) is 4.72. The zero-order valence-corrected chi connectivity index (χ0v) is 15.6. The van der Waals surface area contributed by atoms with Crippen molar-refractivity contribution in [3.8, 4) is 22.3 Å². The van der Waals surface area contributed by atoms with Crippen LogP contribution in [0.3, 0.4) is 0 Å². The third-order valence-electron chi connectivity index (χ3n) is 4.60. The average molecular weight is 378 g/mol. The summed E-state index contributed by atoms with van der Waals surface area (Å²) >= 11 is 0. The molecular weight excluding hydrogens is 360 g/mol. The summed E-state index contributed by atoms with van der Waals surface area (Å²) < 4.78 is 0. The predicted octanol–water partition coefficient (Wildman–Crippen LogP) is 7.13. The van der Waals surface area contributed by atoms with Crippen LogP contribution in [-0.4, -0.2) is 11.1 Å². The molecule has 4 aromatic rings. The molecule has 4 aromatic carbocycles. The van der Waals surface area contributed by atoms with Crippen LogP contribution in [0.1, 0.15) is 10.4 Å². The van der Waals surface area contributed by atoms with Crippen LogP contribution in [0.5, 0.6) is 0 Å². The second-order valence-electron chi connectivity index (χ2n) is 6.46. The van der Waals surface area contributed by atoms with Gasteiger partial charge in [-0.2, -0.15) is 0 Å². The summed E-state index contributed by atoms with van der Waals surface area (Å²) in [4.78, 5) is 11.8. The van der Waals surface area contributed by atoms with Gasteiger partial charge in [-0.3, -0.25) is 0 Å². The molecule has 0 aromatic heterocycles. The number of aromatic carboxylic acids is 1. The van der Waals surface area contributed by atoms with E-state index in [9.17, 15) is 9.90 Å². The van der Waals surface area contributed by atoms with Crippen molar-refractivity contribution >= 4 is 17.3 Å². The molecule has 4 nitrogen and oxygen atoms in total. The Morgan fingerprint density at radius 3 is 1.79 bits per heavy atom. The fourth-order valence-corrected chi connectivity index (χ4v) is 3.20. The van der Waals surface area contributed by atoms with Crippen LogP contribution in [0.15, 0.2) is 113 Å². The fraction of sp³-hybridized carbons (Fsp3) is 0. The molecular formula is C25H18N2O2. The van der Waals surface area contributed by atoms with E-state index in [-0.39, 0.29) is 5.56 Å². The molecule has 0 amide bonds. The first-order valence-electron chi connectivity index (χ1n) is 9.22. The average Bonchev–Trinajstić information content (AvgIpc) is 2.79. The molecule has 0 heterocycles. The normalized spacial score (nSPS) is 10.9. The molecule has 0 saturated heterocycles. The number of carboxylic acids is 1. The van der Waals surface area contributed by atoms with Crippen LogP contribution in [0.4, 0.5) is 11.4 Å². The summed E-state index contributed by atoms with van der Waals surface area (Å²) in [7, 11) is 0. The maximum Gasteiger partial charge on any atom is 0.337 e. The maximum atomic E-state index is 11.8. The van der Waals surface area contributed by atoms with E-state index in [0.717, 1.165) is 22.3 Å². The van der Waals surface area contributed by atoms with E-state index in [1.165, 1.54) is 0 Å². The van der Waals surface area contributed by atoms with Gasteiger partial charge in [0.1, 0.15) is 5.69 Å². The Bertz CT molecular complexity index is 1170. The van der Waals surface area contributed by atoms with Gasteiger partial charge in [-0.05, 0) is 23.3 Å². The topological polar surface area (TPSA) is 62.0 Å². The molecule has 0 aliphatic heterocycles. The van der Waals surface area contributed by atoms with Crippen LogP contribution >= 0.6 is 0 Å². The van der Waals surface area contributed by atoms with Gasteiger partial charge in [0.2, 0.25) is 0 Å². The van der Waals surface area contributed by atoms with Crippen molar-refractivity contribution in [2.45, 2.75) is 0 Å². The van der Waals surface area contributed by atoms with Gasteiger partial charge in [0.25, 0.3) is 0 Å². The van der Waals surface area contributed by atoms with Crippen LogP contribution in [-0.2, 0) is 0 Å². The minimum absolute atomic E-state index is 0.118. The van der Waals surface area contributed by atoms with Crippen molar-refractivity contribution in [2.24, 2.45) is 10.2 Å². The Balaban J connectivity index is 1.84. The summed E-state index contributed by atoms with van der Waals surface area (Å²) in [5, 5.41) is 18.5. The number of carbonyl (C=O) groups is 1. The molecule has 4 heteroatoms. The van der Waals surface area contributed by atoms with Crippen LogP contribution in [0, 0.1) is 0 Å². The molecule has 0 aliphatic carbocycles. The molecule has 29 heavy (non-hydrogen) atoms. The highest BCUT2D eigenvalue weighted by molar-refractivity contribution is 5.98. The first-order chi connectivity index (χ1) is 14.2. The lowest BCUT2D eigenvalue weighted by atomic mass is 10.0. The molecule has 0 atom stereocenters. The maximum absolute atomic E-state index is 11.8. The lowest BCUT2D eigenvalue weighted by Gasteiger charge is -2.09. The SMILES string of the molecule is O=C(O)c1cccc(-c2ccccc2)c1N=Nc1ccccc1-c1ccccc1. The Labute approximate surface area is 168 Å². The fourth-order valence-electron chi connectivity index (χ4n) is 3.20. The first kappa shape index (κ1) is 18.3. The van der Waals surface area contributed by atoms with E-state index in [1.54, 1.807) is 12.1 Å². The highest BCUT2D eigenvalue weighted by Gasteiger charge is 2.15. The van der Waals surface area contributed by atoms with Gasteiger partial charge in [0, 0.05) is 11.1 Å². The molecule has 0 saturated carbocycles. The molecule has 0 unspecified atom stereocenters. The van der Waals surface area contributed by atoms with Gasteiger partial charge >= 0.3 is 5.97 Å². The minimum atomic E-state index is -1.03. The second kappa shape index (κ2) is 8.31. The Hall–Kier alpha value is -4.05. The number of rotatable bonds is 5. The van der Waals surface area contributed by atoms with Gasteiger partial charge in [-0.15, -0.1) is 10.2 Å². The second-order valence-corrected chi connectivity index (χ2v) is 6.46. The number of hydrogen-bond acceptors (Lipinski definition) is 3. The minimum Gasteiger partial charge on any atom is -0.478 e. The van der Waals surface area contributed by atoms with Crippen molar-refractivity contribution in [3.05, 3.63) is 109 Å². The van der Waals surface area contributed by atoms with Gasteiger partial charge in [-0.25, -0.2) is 4.79 Å². The Morgan fingerprint density at radius 2 is 1.14 bits per heavy atom. The lowest BCUT2D eigenvalue weighted by Crippen LogP contribution is -1.97. The molecule has 0 fully saturated rings. The van der Waals surface area contributed by atoms with E-state index in [0.29, 0.717) is 11.4 Å². The molecule has 1 N–H and O–H groups in total. The van der Waals surface area contributed by atoms with Crippen molar-refractivity contribution in [1.29, 1.82) is 0 Å². The van der Waals surface area contributed by atoms with Crippen molar-refractivity contribution in [1.82, 2.24) is 0 Å². The van der Waals surface area contributed by atoms with E-state index in [2.05, 4.69) is 10.2 Å². The van der Waals surface area contributed by atoms with Crippen molar-refractivity contribution in [3.63, 3.8) is 0 Å². The smallest absolute Gasteiger partial charge is 0.337 e. The quantitative estimate of drug-likeness (QED) is 0.375. The zero-order chi connectivity index (χ0) is 20.1. The Morgan fingerprint density at radius 1 is 0.586 bits per heavy atom. The van der Waals surface area contributed by atoms with Crippen LogP contribution in [0.2, 0.25) is 0 Å². The number of azo groups is 1. The number of carboxylic acid groups (broad SMARTS) is 1. The number of hydrogen-bond donors (Lipinski definition) is 1. The zero-order valence-electron chi connectivity index (χ0n) is 15.6. The molecule has 4 rings (SSSR count). The standard InChI is InChI=1S/C25H18N2O2/c28-25(29)22-16-9-15-21(19-12-5-2-6-13-19)24(22)27-26-23-17-8-7-14-20(23)18-10-3-1-4-11-18/h1-17H,(H,28,29). The third kappa shape index (κ3) is 3.96. The first-order valence-corrected chi connectivity index (χ1v) is 9.22. The number of nitrogens with zero attached hydrogens (tertiary/aromatic N) is 2. The predicted molar refractivity (Wildman–Crippen MR) is 115 cm³/mol. The largest absolute Gasteiger partial charge is 0.478 e. The van der Waals surface area contributed by atoms with Gasteiger partial charge < -0.3 is 5.11 Å². The highest BCUT2D eigenvalue weighted by Crippen LogP contribution is 2.36. The monoisotopic (exact) mass is 378 g/mol. The molecule has 140 valence electrons. The summed E-state index contributed by atoms with van der Waals surface area (Å²) in [6, 6.07) is 32.3.